The van der Waals surface area contributed by atoms with Crippen LogP contribution in [0.4, 0.5) is 5.82 Å². The molecule has 140 valence electrons. The number of anilines is 1. The van der Waals surface area contributed by atoms with E-state index in [1.54, 1.807) is 6.20 Å². The molecule has 0 unspecified atom stereocenters. The van der Waals surface area contributed by atoms with Crippen LogP contribution in [-0.2, 0) is 4.79 Å². The molecule has 1 aromatic heterocycles. The molecule has 0 atom stereocenters. The van der Waals surface area contributed by atoms with Crippen LogP contribution in [0.25, 0.3) is 11.1 Å². The molecule has 0 bridgehead atoms. The number of aromatic nitrogens is 1. The van der Waals surface area contributed by atoms with Crippen LogP contribution in [0.2, 0.25) is 0 Å². The normalized spacial score (nSPS) is 19.0. The molecule has 6 heteroatoms. The van der Waals surface area contributed by atoms with Crippen LogP contribution in [0, 0.1) is 5.41 Å². The molecule has 1 spiro atoms. The number of carbonyl (C=O) groups excluding carboxylic acids is 2. The molecule has 1 aromatic carbocycles. The largest absolute Gasteiger partial charge is 0.383 e. The van der Waals surface area contributed by atoms with Crippen molar-refractivity contribution in [3.05, 3.63) is 48.2 Å². The maximum absolute atomic E-state index is 12.9. The molecule has 3 heterocycles. The number of hydrogen-bond donors (Lipinski definition) is 2. The number of nitrogens with one attached hydrogen (secondary N) is 1. The second kappa shape index (κ2) is 7.02. The first kappa shape index (κ1) is 17.5. The topological polar surface area (TPSA) is 88.3 Å². The first-order valence-corrected chi connectivity index (χ1v) is 9.43. The van der Waals surface area contributed by atoms with Crippen LogP contribution < -0.4 is 11.1 Å². The van der Waals surface area contributed by atoms with Crippen molar-refractivity contribution in [1.29, 1.82) is 0 Å². The third-order valence-corrected chi connectivity index (χ3v) is 5.94. The summed E-state index contributed by atoms with van der Waals surface area (Å²) < 4.78 is 0. The summed E-state index contributed by atoms with van der Waals surface area (Å²) in [5, 5.41) is 2.99. The minimum absolute atomic E-state index is 0.0652. The van der Waals surface area contributed by atoms with Gasteiger partial charge in [0.25, 0.3) is 5.91 Å². The molecule has 2 aliphatic rings. The van der Waals surface area contributed by atoms with Gasteiger partial charge < -0.3 is 16.0 Å². The Hall–Kier alpha value is -2.89. The van der Waals surface area contributed by atoms with Gasteiger partial charge in [0.15, 0.2) is 0 Å². The molecule has 2 saturated heterocycles. The Morgan fingerprint density at radius 3 is 2.48 bits per heavy atom. The van der Waals surface area contributed by atoms with Crippen LogP contribution in [0.1, 0.15) is 36.0 Å². The van der Waals surface area contributed by atoms with Crippen LogP contribution in [0.3, 0.4) is 0 Å². The molecular formula is C21H24N4O2. The summed E-state index contributed by atoms with van der Waals surface area (Å²) in [7, 11) is 0. The van der Waals surface area contributed by atoms with Crippen molar-refractivity contribution in [2.75, 3.05) is 25.4 Å². The van der Waals surface area contributed by atoms with Gasteiger partial charge in [0, 0.05) is 43.4 Å². The van der Waals surface area contributed by atoms with Crippen LogP contribution >= 0.6 is 0 Å². The number of nitrogens with zero attached hydrogens (tertiary/aromatic N) is 2. The molecule has 4 rings (SSSR count). The summed E-state index contributed by atoms with van der Waals surface area (Å²) in [4.78, 5) is 30.3. The minimum atomic E-state index is 0.0652. The number of piperidine rings is 2. The summed E-state index contributed by atoms with van der Waals surface area (Å²) in [6.07, 6.45) is 5.10. The SMILES string of the molecule is Nc1ncccc1-c1ccc(C(=O)N2CCC3(CCC(=O)NC3)CC2)cc1. The first-order valence-electron chi connectivity index (χ1n) is 9.43. The van der Waals surface area contributed by atoms with E-state index in [1.165, 1.54) is 0 Å². The van der Waals surface area contributed by atoms with Crippen molar-refractivity contribution < 1.29 is 9.59 Å². The fourth-order valence-electron chi connectivity index (χ4n) is 4.09. The number of pyridine rings is 1. The maximum atomic E-state index is 12.9. The zero-order chi connectivity index (χ0) is 18.9. The quantitative estimate of drug-likeness (QED) is 0.857. The van der Waals surface area contributed by atoms with Crippen molar-refractivity contribution >= 4 is 17.6 Å². The highest BCUT2D eigenvalue weighted by atomic mass is 16.2. The van der Waals surface area contributed by atoms with Gasteiger partial charge in [-0.1, -0.05) is 12.1 Å². The number of carbonyl (C=O) groups is 2. The Morgan fingerprint density at radius 2 is 1.85 bits per heavy atom. The van der Waals surface area contributed by atoms with Crippen LogP contribution in [0.15, 0.2) is 42.6 Å². The van der Waals surface area contributed by atoms with Gasteiger partial charge in [0.2, 0.25) is 5.91 Å². The van der Waals surface area contributed by atoms with Crippen molar-refractivity contribution in [3.8, 4) is 11.1 Å². The molecule has 0 aliphatic carbocycles. The average Bonchev–Trinajstić information content (AvgIpc) is 2.71. The summed E-state index contributed by atoms with van der Waals surface area (Å²) in [6.45, 7) is 2.23. The van der Waals surface area contributed by atoms with Gasteiger partial charge in [-0.3, -0.25) is 9.59 Å². The number of rotatable bonds is 2. The number of likely N-dealkylation sites (tertiary alicyclic amines) is 1. The lowest BCUT2D eigenvalue weighted by molar-refractivity contribution is -0.125. The molecule has 3 N–H and O–H groups in total. The highest BCUT2D eigenvalue weighted by Crippen LogP contribution is 2.38. The molecule has 2 aliphatic heterocycles. The van der Waals surface area contributed by atoms with Gasteiger partial charge in [0.1, 0.15) is 5.82 Å². The van der Waals surface area contributed by atoms with Gasteiger partial charge in [-0.15, -0.1) is 0 Å². The van der Waals surface area contributed by atoms with E-state index in [0.29, 0.717) is 17.8 Å². The lowest BCUT2D eigenvalue weighted by Gasteiger charge is -2.44. The number of benzene rings is 1. The maximum Gasteiger partial charge on any atom is 0.253 e. The highest BCUT2D eigenvalue weighted by molar-refractivity contribution is 5.95. The summed E-state index contributed by atoms with van der Waals surface area (Å²) in [5.41, 5.74) is 8.62. The number of nitrogen functional groups attached to an aromatic ring is 1. The van der Waals surface area contributed by atoms with E-state index < -0.39 is 0 Å². The Bertz CT molecular complexity index is 843. The van der Waals surface area contributed by atoms with Crippen LogP contribution in [0.5, 0.6) is 0 Å². The third-order valence-electron chi connectivity index (χ3n) is 5.94. The number of amides is 2. The van der Waals surface area contributed by atoms with Crippen LogP contribution in [-0.4, -0.2) is 41.3 Å². The Balaban J connectivity index is 1.42. The smallest absolute Gasteiger partial charge is 0.253 e. The molecule has 27 heavy (non-hydrogen) atoms. The van der Waals surface area contributed by atoms with Crippen molar-refractivity contribution in [1.82, 2.24) is 15.2 Å². The molecule has 2 fully saturated rings. The van der Waals surface area contributed by atoms with Crippen molar-refractivity contribution in [3.63, 3.8) is 0 Å². The highest BCUT2D eigenvalue weighted by Gasteiger charge is 2.38. The monoisotopic (exact) mass is 364 g/mol. The number of nitrogens with two attached hydrogens (primary N) is 1. The second-order valence-corrected chi connectivity index (χ2v) is 7.58. The standard InChI is InChI=1S/C21H24N4O2/c22-19-17(2-1-11-23-19)15-3-5-16(6-4-15)20(27)25-12-9-21(10-13-25)8-7-18(26)24-14-21/h1-6,11H,7-10,12-14H2,(H2,22,23)(H,24,26). The van der Waals surface area contributed by atoms with Gasteiger partial charge in [-0.2, -0.15) is 0 Å². The molecule has 0 radical (unpaired) electrons. The van der Waals surface area contributed by atoms with E-state index in [-0.39, 0.29) is 17.2 Å². The number of hydrogen-bond acceptors (Lipinski definition) is 4. The van der Waals surface area contributed by atoms with Gasteiger partial charge in [-0.25, -0.2) is 4.98 Å². The Labute approximate surface area is 158 Å². The summed E-state index contributed by atoms with van der Waals surface area (Å²) in [5.74, 6) is 0.696. The zero-order valence-electron chi connectivity index (χ0n) is 15.3. The van der Waals surface area contributed by atoms with Crippen molar-refractivity contribution in [2.24, 2.45) is 5.41 Å². The van der Waals surface area contributed by atoms with Crippen molar-refractivity contribution in [2.45, 2.75) is 25.7 Å². The molecule has 6 nitrogen and oxygen atoms in total. The summed E-state index contributed by atoms with van der Waals surface area (Å²) >= 11 is 0. The molecular weight excluding hydrogens is 340 g/mol. The van der Waals surface area contributed by atoms with Gasteiger partial charge in [0.05, 0.1) is 0 Å². The lowest BCUT2D eigenvalue weighted by Crippen LogP contribution is -2.50. The Morgan fingerprint density at radius 1 is 1.11 bits per heavy atom. The van der Waals surface area contributed by atoms with E-state index >= 15 is 0 Å². The minimum Gasteiger partial charge on any atom is -0.383 e. The van der Waals surface area contributed by atoms with E-state index in [1.807, 2.05) is 41.3 Å². The average molecular weight is 364 g/mol. The van der Waals surface area contributed by atoms with Gasteiger partial charge >= 0.3 is 0 Å². The third kappa shape index (κ3) is 3.52. The van der Waals surface area contributed by atoms with E-state index in [9.17, 15) is 9.59 Å². The predicted molar refractivity (Wildman–Crippen MR) is 104 cm³/mol. The zero-order valence-corrected chi connectivity index (χ0v) is 15.3. The molecule has 0 saturated carbocycles. The summed E-state index contributed by atoms with van der Waals surface area (Å²) in [6, 6.07) is 11.3. The van der Waals surface area contributed by atoms with E-state index in [0.717, 1.165) is 50.0 Å². The second-order valence-electron chi connectivity index (χ2n) is 7.58. The predicted octanol–water partition coefficient (Wildman–Crippen LogP) is 2.46. The molecule has 2 amide bonds. The van der Waals surface area contributed by atoms with E-state index in [2.05, 4.69) is 10.3 Å². The fourth-order valence-corrected chi connectivity index (χ4v) is 4.09. The Kier molecular flexibility index (Phi) is 4.56. The van der Waals surface area contributed by atoms with E-state index in [4.69, 9.17) is 5.73 Å². The van der Waals surface area contributed by atoms with Gasteiger partial charge in [-0.05, 0) is 54.5 Å². The molecule has 2 aromatic rings. The fraction of sp³-hybridized carbons (Fsp3) is 0.381. The lowest BCUT2D eigenvalue weighted by atomic mass is 9.73. The first-order chi connectivity index (χ1) is 13.1.